The minimum absolute atomic E-state index is 0.0206. The van der Waals surface area contributed by atoms with Crippen LogP contribution in [0.15, 0.2) is 24.3 Å². The lowest BCUT2D eigenvalue weighted by Gasteiger charge is -2.15. The van der Waals surface area contributed by atoms with Crippen LogP contribution in [0.4, 0.5) is 0 Å². The van der Waals surface area contributed by atoms with Gasteiger partial charge in [0.25, 0.3) is 0 Å². The maximum atomic E-state index is 11.6. The Hall–Kier alpha value is -3.68. The highest BCUT2D eigenvalue weighted by Gasteiger charge is 2.20. The normalized spacial score (nSPS) is 10.5. The van der Waals surface area contributed by atoms with E-state index >= 15 is 0 Å². The molecule has 0 saturated heterocycles. The van der Waals surface area contributed by atoms with Crippen LogP contribution in [0.2, 0.25) is 0 Å². The summed E-state index contributed by atoms with van der Waals surface area (Å²) in [5.74, 6) is 0.657. The quantitative estimate of drug-likeness (QED) is 0.365. The smallest absolute Gasteiger partial charge is 0.308 e. The average molecular weight is 416 g/mol. The van der Waals surface area contributed by atoms with Crippen molar-refractivity contribution in [2.45, 2.75) is 13.8 Å². The molecule has 0 spiro atoms. The number of hydrogen-bond acceptors (Lipinski definition) is 8. The lowest BCUT2D eigenvalue weighted by Crippen LogP contribution is -2.09. The first kappa shape index (κ1) is 22.6. The van der Waals surface area contributed by atoms with Crippen LogP contribution in [-0.4, -0.2) is 40.4 Å². The van der Waals surface area contributed by atoms with Gasteiger partial charge < -0.3 is 28.4 Å². The summed E-state index contributed by atoms with van der Waals surface area (Å²) in [6, 6.07) is 6.82. The second-order valence-corrected chi connectivity index (χ2v) is 5.99. The van der Waals surface area contributed by atoms with E-state index in [9.17, 15) is 9.59 Å². The number of benzene rings is 2. The van der Waals surface area contributed by atoms with E-state index in [2.05, 4.69) is 0 Å². The van der Waals surface area contributed by atoms with Crippen molar-refractivity contribution < 1.29 is 38.0 Å². The minimum atomic E-state index is -0.576. The summed E-state index contributed by atoms with van der Waals surface area (Å²) in [5, 5.41) is 0. The Kier molecular flexibility index (Phi) is 7.69. The predicted molar refractivity (Wildman–Crippen MR) is 111 cm³/mol. The Morgan fingerprint density at radius 2 is 1.20 bits per heavy atom. The number of carbonyl (C=O) groups is 2. The molecule has 0 aromatic heterocycles. The minimum Gasteiger partial charge on any atom is -0.493 e. The maximum Gasteiger partial charge on any atom is 0.308 e. The molecular formula is C22H24O8. The molecule has 0 amide bonds. The number of hydrogen-bond donors (Lipinski definition) is 0. The SMILES string of the molecule is COc1cc(/C=C/c2ccc(OC)c(OC(C)=O)c2OC(C)=O)cc(OC)c1OC. The van der Waals surface area contributed by atoms with Gasteiger partial charge in [-0.2, -0.15) is 0 Å². The standard InChI is InChI=1S/C22H24O8/c1-13(23)29-20-16(9-10-17(25-3)22(20)30-14(2)24)8-7-15-11-18(26-4)21(28-6)19(12-15)27-5/h7-12H,1-6H3/b8-7+. The Balaban J connectivity index is 2.57. The number of carbonyl (C=O) groups excluding carboxylic acids is 2. The van der Waals surface area contributed by atoms with Crippen molar-refractivity contribution in [1.29, 1.82) is 0 Å². The molecule has 0 unspecified atom stereocenters. The molecule has 0 aliphatic carbocycles. The van der Waals surface area contributed by atoms with Gasteiger partial charge in [-0.15, -0.1) is 0 Å². The van der Waals surface area contributed by atoms with E-state index in [1.165, 1.54) is 42.3 Å². The molecule has 30 heavy (non-hydrogen) atoms. The van der Waals surface area contributed by atoms with Crippen molar-refractivity contribution in [2.24, 2.45) is 0 Å². The maximum absolute atomic E-state index is 11.6. The highest BCUT2D eigenvalue weighted by Crippen LogP contribution is 2.42. The fourth-order valence-corrected chi connectivity index (χ4v) is 2.72. The second kappa shape index (κ2) is 10.2. The molecule has 0 N–H and O–H groups in total. The van der Waals surface area contributed by atoms with Gasteiger partial charge in [0, 0.05) is 19.4 Å². The molecule has 2 rings (SSSR count). The van der Waals surface area contributed by atoms with E-state index in [1.807, 2.05) is 0 Å². The van der Waals surface area contributed by atoms with Crippen molar-refractivity contribution in [2.75, 3.05) is 28.4 Å². The molecule has 0 aliphatic heterocycles. The summed E-state index contributed by atoms with van der Waals surface area (Å²) in [4.78, 5) is 23.2. The fraction of sp³-hybridized carbons (Fsp3) is 0.273. The monoisotopic (exact) mass is 416 g/mol. The van der Waals surface area contributed by atoms with Crippen LogP contribution in [0, 0.1) is 0 Å². The molecule has 0 fully saturated rings. The van der Waals surface area contributed by atoms with Gasteiger partial charge in [-0.3, -0.25) is 9.59 Å². The number of rotatable bonds is 8. The molecule has 0 bridgehead atoms. The predicted octanol–water partition coefficient (Wildman–Crippen LogP) is 3.74. The van der Waals surface area contributed by atoms with E-state index in [4.69, 9.17) is 28.4 Å². The lowest BCUT2D eigenvalue weighted by molar-refractivity contribution is -0.134. The van der Waals surface area contributed by atoms with Gasteiger partial charge in [-0.05, 0) is 29.8 Å². The van der Waals surface area contributed by atoms with Gasteiger partial charge in [0.2, 0.25) is 11.5 Å². The summed E-state index contributed by atoms with van der Waals surface area (Å²) >= 11 is 0. The summed E-state index contributed by atoms with van der Waals surface area (Å²) < 4.78 is 31.8. The van der Waals surface area contributed by atoms with E-state index < -0.39 is 11.9 Å². The van der Waals surface area contributed by atoms with Crippen molar-refractivity contribution >= 4 is 24.1 Å². The fourth-order valence-electron chi connectivity index (χ4n) is 2.72. The third-order valence-corrected chi connectivity index (χ3v) is 3.96. The molecule has 160 valence electrons. The topological polar surface area (TPSA) is 89.5 Å². The molecule has 8 heteroatoms. The van der Waals surface area contributed by atoms with E-state index in [1.54, 1.807) is 36.4 Å². The van der Waals surface area contributed by atoms with Crippen molar-refractivity contribution in [3.05, 3.63) is 35.4 Å². The summed E-state index contributed by atoms with van der Waals surface area (Å²) in [5.41, 5.74) is 1.24. The highest BCUT2D eigenvalue weighted by atomic mass is 16.6. The van der Waals surface area contributed by atoms with Crippen molar-refractivity contribution in [3.63, 3.8) is 0 Å². The Labute approximate surface area is 174 Å². The number of esters is 2. The van der Waals surface area contributed by atoms with Gasteiger partial charge >= 0.3 is 11.9 Å². The highest BCUT2D eigenvalue weighted by molar-refractivity contribution is 5.82. The first-order valence-electron chi connectivity index (χ1n) is 8.90. The molecule has 0 radical (unpaired) electrons. The molecule has 0 atom stereocenters. The molecule has 8 nitrogen and oxygen atoms in total. The third-order valence-electron chi connectivity index (χ3n) is 3.96. The van der Waals surface area contributed by atoms with Gasteiger partial charge in [-0.1, -0.05) is 12.2 Å². The Morgan fingerprint density at radius 1 is 0.667 bits per heavy atom. The van der Waals surface area contributed by atoms with Crippen LogP contribution in [0.5, 0.6) is 34.5 Å². The van der Waals surface area contributed by atoms with Gasteiger partial charge in [0.05, 0.1) is 28.4 Å². The second-order valence-electron chi connectivity index (χ2n) is 5.99. The first-order valence-corrected chi connectivity index (χ1v) is 8.90. The van der Waals surface area contributed by atoms with Crippen molar-refractivity contribution in [3.8, 4) is 34.5 Å². The van der Waals surface area contributed by atoms with Gasteiger partial charge in [-0.25, -0.2) is 0 Å². The van der Waals surface area contributed by atoms with Gasteiger partial charge in [0.1, 0.15) is 0 Å². The molecule has 2 aromatic carbocycles. The van der Waals surface area contributed by atoms with Crippen LogP contribution >= 0.6 is 0 Å². The van der Waals surface area contributed by atoms with Crippen molar-refractivity contribution in [1.82, 2.24) is 0 Å². The molecule has 0 aliphatic rings. The zero-order valence-electron chi connectivity index (χ0n) is 17.7. The Bertz CT molecular complexity index is 937. The molecule has 2 aromatic rings. The number of methoxy groups -OCH3 is 4. The first-order chi connectivity index (χ1) is 14.3. The lowest BCUT2D eigenvalue weighted by atomic mass is 10.1. The summed E-state index contributed by atoms with van der Waals surface area (Å²) in [6.07, 6.45) is 3.46. The average Bonchev–Trinajstić information content (AvgIpc) is 2.72. The zero-order valence-corrected chi connectivity index (χ0v) is 17.7. The van der Waals surface area contributed by atoms with Crippen LogP contribution in [0.1, 0.15) is 25.0 Å². The Morgan fingerprint density at radius 3 is 1.67 bits per heavy atom. The summed E-state index contributed by atoms with van der Waals surface area (Å²) in [6.45, 7) is 2.50. The van der Waals surface area contributed by atoms with E-state index in [0.29, 0.717) is 22.8 Å². The third kappa shape index (κ3) is 5.22. The summed E-state index contributed by atoms with van der Waals surface area (Å²) in [7, 11) is 6.00. The molecule has 0 heterocycles. The van der Waals surface area contributed by atoms with E-state index in [-0.39, 0.29) is 17.2 Å². The molecular weight excluding hydrogens is 392 g/mol. The van der Waals surface area contributed by atoms with Crippen LogP contribution in [-0.2, 0) is 9.59 Å². The van der Waals surface area contributed by atoms with E-state index in [0.717, 1.165) is 5.56 Å². The molecule has 0 saturated carbocycles. The van der Waals surface area contributed by atoms with Crippen LogP contribution in [0.3, 0.4) is 0 Å². The van der Waals surface area contributed by atoms with Crippen LogP contribution in [0.25, 0.3) is 12.2 Å². The largest absolute Gasteiger partial charge is 0.493 e. The van der Waals surface area contributed by atoms with Crippen LogP contribution < -0.4 is 28.4 Å². The number of ether oxygens (including phenoxy) is 6. The zero-order chi connectivity index (χ0) is 22.3. The van der Waals surface area contributed by atoms with Gasteiger partial charge in [0.15, 0.2) is 23.0 Å².